The van der Waals surface area contributed by atoms with Crippen molar-refractivity contribution in [1.29, 1.82) is 0 Å². The number of benzene rings is 2. The second kappa shape index (κ2) is 15.7. The first-order valence-electron chi connectivity index (χ1n) is 16.8. The van der Waals surface area contributed by atoms with Crippen molar-refractivity contribution in [3.05, 3.63) is 59.2 Å². The van der Waals surface area contributed by atoms with Crippen LogP contribution in [0, 0.1) is 35.3 Å². The van der Waals surface area contributed by atoms with Crippen LogP contribution in [0.15, 0.2) is 41.3 Å². The Kier molecular flexibility index (Phi) is 12.0. The lowest BCUT2D eigenvalue weighted by molar-refractivity contribution is -0.224. The van der Waals surface area contributed by atoms with E-state index < -0.39 is 24.1 Å². The number of hydrogen-bond acceptors (Lipinski definition) is 4. The number of thioether (sulfide) groups is 1. The van der Waals surface area contributed by atoms with Crippen LogP contribution in [0.25, 0.3) is 0 Å². The van der Waals surface area contributed by atoms with Crippen LogP contribution in [0.4, 0.5) is 17.6 Å². The molecule has 2 saturated carbocycles. The Hall–Kier alpha value is -1.77. The second-order valence-electron chi connectivity index (χ2n) is 13.1. The smallest absolute Gasteiger partial charge is 0.400 e. The third kappa shape index (κ3) is 8.52. The molecule has 2 aromatic rings. The second-order valence-corrected chi connectivity index (χ2v) is 14.4. The molecular formula is C36H48F4O3S. The summed E-state index contributed by atoms with van der Waals surface area (Å²) in [5.74, 6) is 0.458. The van der Waals surface area contributed by atoms with Gasteiger partial charge in [-0.1, -0.05) is 45.2 Å². The van der Waals surface area contributed by atoms with Gasteiger partial charge in [-0.05, 0) is 105 Å². The molecular weight excluding hydrogens is 588 g/mol. The highest BCUT2D eigenvalue weighted by Gasteiger charge is 2.45. The van der Waals surface area contributed by atoms with Crippen LogP contribution >= 0.6 is 11.8 Å². The van der Waals surface area contributed by atoms with Crippen LogP contribution < -0.4 is 4.74 Å². The van der Waals surface area contributed by atoms with Gasteiger partial charge >= 0.3 is 6.11 Å². The minimum absolute atomic E-state index is 0.126. The van der Waals surface area contributed by atoms with Crippen LogP contribution in [0.1, 0.15) is 114 Å². The Morgan fingerprint density at radius 3 is 2.11 bits per heavy atom. The van der Waals surface area contributed by atoms with Gasteiger partial charge in [-0.25, -0.2) is 8.78 Å². The molecule has 1 heterocycles. The molecule has 8 heteroatoms. The number of hydrogen-bond donors (Lipinski definition) is 0. The number of unbranched alkanes of at least 4 members (excludes halogenated alkanes) is 2. The van der Waals surface area contributed by atoms with Gasteiger partial charge < -0.3 is 14.2 Å². The predicted octanol–water partition coefficient (Wildman–Crippen LogP) is 11.1. The Labute approximate surface area is 264 Å². The van der Waals surface area contributed by atoms with E-state index in [-0.39, 0.29) is 17.5 Å². The summed E-state index contributed by atoms with van der Waals surface area (Å²) >= 11 is 1.33. The van der Waals surface area contributed by atoms with Crippen molar-refractivity contribution in [3.8, 4) is 5.75 Å². The lowest BCUT2D eigenvalue weighted by atomic mass is 9.68. The molecule has 5 rings (SSSR count). The van der Waals surface area contributed by atoms with Gasteiger partial charge in [-0.2, -0.15) is 8.78 Å². The summed E-state index contributed by atoms with van der Waals surface area (Å²) in [6, 6.07) is 9.44. The number of ether oxygens (including phenoxy) is 3. The maximum Gasteiger partial charge on any atom is 0.400 e. The van der Waals surface area contributed by atoms with Gasteiger partial charge in [0.05, 0.1) is 19.1 Å². The summed E-state index contributed by atoms with van der Waals surface area (Å²) in [5.41, 5.74) is 1.50. The summed E-state index contributed by atoms with van der Waals surface area (Å²) in [6.45, 7) is 5.42. The summed E-state index contributed by atoms with van der Waals surface area (Å²) in [5, 5.41) is 0. The van der Waals surface area contributed by atoms with Gasteiger partial charge in [0.2, 0.25) is 0 Å². The number of alkyl halides is 2. The van der Waals surface area contributed by atoms with Gasteiger partial charge in [0.1, 0.15) is 17.4 Å². The SMILES string of the molecule is CCCCCC1COC(c2ccc(C3CCC(C4CCC(C(F)(F)Oc5ccc(SCC)c(F)c5)CC4)CC3)c(F)c2)OC1. The average molecular weight is 637 g/mol. The number of halogens is 4. The van der Waals surface area contributed by atoms with Crippen LogP contribution in [-0.2, 0) is 9.47 Å². The number of rotatable bonds is 12. The van der Waals surface area contributed by atoms with Gasteiger partial charge in [0.25, 0.3) is 0 Å². The first-order chi connectivity index (χ1) is 21.3. The maximum absolute atomic E-state index is 15.3. The van der Waals surface area contributed by atoms with Crippen molar-refractivity contribution >= 4 is 11.8 Å². The Bertz CT molecular complexity index is 1190. The maximum atomic E-state index is 15.3. The molecule has 2 aliphatic carbocycles. The van der Waals surface area contributed by atoms with Gasteiger partial charge in [0.15, 0.2) is 6.29 Å². The fraction of sp³-hybridized carbons (Fsp3) is 0.667. The quantitative estimate of drug-likeness (QED) is 0.132. The van der Waals surface area contributed by atoms with Gasteiger partial charge in [-0.15, -0.1) is 11.8 Å². The Morgan fingerprint density at radius 1 is 0.818 bits per heavy atom. The van der Waals surface area contributed by atoms with Crippen molar-refractivity contribution < 1.29 is 31.8 Å². The summed E-state index contributed by atoms with van der Waals surface area (Å²) in [7, 11) is 0. The monoisotopic (exact) mass is 636 g/mol. The minimum Gasteiger partial charge on any atom is -0.432 e. The highest BCUT2D eigenvalue weighted by molar-refractivity contribution is 7.99. The zero-order valence-electron chi connectivity index (χ0n) is 26.2. The fourth-order valence-corrected chi connectivity index (χ4v) is 8.16. The highest BCUT2D eigenvalue weighted by Crippen LogP contribution is 2.47. The van der Waals surface area contributed by atoms with Crippen LogP contribution in [0.5, 0.6) is 5.75 Å². The minimum atomic E-state index is -3.33. The van der Waals surface area contributed by atoms with E-state index in [0.29, 0.717) is 54.5 Å². The highest BCUT2D eigenvalue weighted by atomic mass is 32.2. The largest absolute Gasteiger partial charge is 0.432 e. The van der Waals surface area contributed by atoms with Crippen LogP contribution in [0.2, 0.25) is 0 Å². The first kappa shape index (κ1) is 33.6. The molecule has 0 spiro atoms. The Balaban J connectivity index is 1.06. The zero-order valence-corrected chi connectivity index (χ0v) is 27.0. The summed E-state index contributed by atoms with van der Waals surface area (Å²) < 4.78 is 76.6. The molecule has 0 amide bonds. The standard InChI is InChI=1S/C36H48F4O3S/c1-3-5-6-7-24-22-41-35(42-23-24)28-14-18-31(32(37)20-28)27-10-8-25(9-11-27)26-12-15-29(16-13-26)36(39,40)43-30-17-19-34(44-4-2)33(38)21-30/h14,17-21,24-27,29,35H,3-13,15-16,22-23H2,1-2H3. The van der Waals surface area contributed by atoms with E-state index in [9.17, 15) is 4.39 Å². The van der Waals surface area contributed by atoms with Gasteiger partial charge in [-0.3, -0.25) is 0 Å². The van der Waals surface area contributed by atoms with E-state index in [2.05, 4.69) is 6.92 Å². The van der Waals surface area contributed by atoms with Gasteiger partial charge in [0, 0.05) is 22.4 Å². The molecule has 0 aromatic heterocycles. The topological polar surface area (TPSA) is 27.7 Å². The molecule has 244 valence electrons. The van der Waals surface area contributed by atoms with Crippen molar-refractivity contribution in [2.75, 3.05) is 19.0 Å². The summed E-state index contributed by atoms with van der Waals surface area (Å²) in [6.07, 6.45) is 6.95. The van der Waals surface area contributed by atoms with Crippen LogP contribution in [-0.4, -0.2) is 25.1 Å². The fourth-order valence-electron chi connectivity index (χ4n) is 7.49. The van der Waals surface area contributed by atoms with Crippen molar-refractivity contribution in [2.45, 2.75) is 114 Å². The molecule has 0 radical (unpaired) electrons. The van der Waals surface area contributed by atoms with Crippen molar-refractivity contribution in [1.82, 2.24) is 0 Å². The molecule has 2 aromatic carbocycles. The van der Waals surface area contributed by atoms with E-state index >= 15 is 13.2 Å². The van der Waals surface area contributed by atoms with E-state index in [0.717, 1.165) is 62.1 Å². The zero-order chi connectivity index (χ0) is 31.1. The Morgan fingerprint density at radius 2 is 1.50 bits per heavy atom. The molecule has 1 aliphatic heterocycles. The molecule has 0 bridgehead atoms. The van der Waals surface area contributed by atoms with E-state index in [1.807, 2.05) is 19.1 Å². The first-order valence-corrected chi connectivity index (χ1v) is 17.8. The van der Waals surface area contributed by atoms with E-state index in [1.54, 1.807) is 6.07 Å². The van der Waals surface area contributed by atoms with Crippen molar-refractivity contribution in [3.63, 3.8) is 0 Å². The van der Waals surface area contributed by atoms with Crippen LogP contribution in [0.3, 0.4) is 0 Å². The third-order valence-electron chi connectivity index (χ3n) is 10.1. The molecule has 0 unspecified atom stereocenters. The molecule has 3 aliphatic rings. The average Bonchev–Trinajstić information content (AvgIpc) is 3.03. The molecule has 0 N–H and O–H groups in total. The molecule has 0 atom stereocenters. The third-order valence-corrected chi connectivity index (χ3v) is 11.0. The predicted molar refractivity (Wildman–Crippen MR) is 167 cm³/mol. The molecule has 1 saturated heterocycles. The molecule has 3 fully saturated rings. The molecule has 3 nitrogen and oxygen atoms in total. The van der Waals surface area contributed by atoms with E-state index in [4.69, 9.17) is 14.2 Å². The lowest BCUT2D eigenvalue weighted by Crippen LogP contribution is -2.38. The molecule has 44 heavy (non-hydrogen) atoms. The van der Waals surface area contributed by atoms with Crippen molar-refractivity contribution in [2.24, 2.45) is 23.7 Å². The van der Waals surface area contributed by atoms with E-state index in [1.165, 1.54) is 43.2 Å². The normalized spacial score (nSPS) is 28.1. The lowest BCUT2D eigenvalue weighted by Gasteiger charge is -2.39. The summed E-state index contributed by atoms with van der Waals surface area (Å²) in [4.78, 5) is 0.438.